The Hall–Kier alpha value is -4.33. The van der Waals surface area contributed by atoms with Gasteiger partial charge in [0.15, 0.2) is 0 Å². The number of H-pyrrole nitrogens is 1. The molecule has 5 rings (SSSR count). The molecule has 0 unspecified atom stereocenters. The van der Waals surface area contributed by atoms with Crippen molar-refractivity contribution in [1.82, 2.24) is 34.7 Å². The Bertz CT molecular complexity index is 1600. The Balaban J connectivity index is 1.52. The summed E-state index contributed by atoms with van der Waals surface area (Å²) >= 11 is 0. The number of aromatic amines is 1. The van der Waals surface area contributed by atoms with Crippen molar-refractivity contribution in [2.45, 2.75) is 65.8 Å². The van der Waals surface area contributed by atoms with Gasteiger partial charge in [-0.3, -0.25) is 14.1 Å². The fourth-order valence-corrected chi connectivity index (χ4v) is 5.19. The molecule has 8 nitrogen and oxygen atoms in total. The van der Waals surface area contributed by atoms with Crippen LogP contribution < -0.4 is 5.69 Å². The van der Waals surface area contributed by atoms with E-state index >= 15 is 0 Å². The maximum absolute atomic E-state index is 13.9. The van der Waals surface area contributed by atoms with E-state index in [2.05, 4.69) is 72.7 Å². The second-order valence-electron chi connectivity index (χ2n) is 10.2. The molecule has 3 heterocycles. The first-order chi connectivity index (χ1) is 19.0. The number of benzene rings is 2. The average molecular weight is 522 g/mol. The van der Waals surface area contributed by atoms with Crippen molar-refractivity contribution in [3.63, 3.8) is 0 Å². The summed E-state index contributed by atoms with van der Waals surface area (Å²) in [5, 5.41) is 14.5. The summed E-state index contributed by atoms with van der Waals surface area (Å²) in [6.45, 7) is 9.17. The molecule has 0 saturated heterocycles. The lowest BCUT2D eigenvalue weighted by Gasteiger charge is -2.17. The fraction of sp³-hybridized carbons (Fsp3) is 0.323. The summed E-state index contributed by atoms with van der Waals surface area (Å²) in [7, 11) is 0. The van der Waals surface area contributed by atoms with Crippen molar-refractivity contribution in [2.24, 2.45) is 0 Å². The lowest BCUT2D eigenvalue weighted by Crippen LogP contribution is -2.26. The SMILES string of the molecule is CCCc1cccc(C(C)C)c1-n1cc(CCC)n(Cc2ccc(-c3ccccc3-c3nn[nH]n3)nc2)c1=O. The third kappa shape index (κ3) is 5.32. The molecule has 2 aromatic carbocycles. The zero-order chi connectivity index (χ0) is 27.4. The van der Waals surface area contributed by atoms with Crippen LogP contribution >= 0.6 is 0 Å². The maximum atomic E-state index is 13.9. The third-order valence-corrected chi connectivity index (χ3v) is 7.06. The lowest BCUT2D eigenvalue weighted by atomic mass is 9.95. The lowest BCUT2D eigenvalue weighted by molar-refractivity contribution is 0.687. The van der Waals surface area contributed by atoms with Crippen LogP contribution in [0.3, 0.4) is 0 Å². The summed E-state index contributed by atoms with van der Waals surface area (Å²) < 4.78 is 3.79. The molecule has 3 aromatic heterocycles. The van der Waals surface area contributed by atoms with Gasteiger partial charge in [-0.15, -0.1) is 10.2 Å². The summed E-state index contributed by atoms with van der Waals surface area (Å²) in [5.74, 6) is 0.839. The number of tetrazole rings is 1. The highest BCUT2D eigenvalue weighted by Gasteiger charge is 2.19. The second kappa shape index (κ2) is 11.6. The molecule has 1 N–H and O–H groups in total. The van der Waals surface area contributed by atoms with Gasteiger partial charge in [0.25, 0.3) is 0 Å². The van der Waals surface area contributed by atoms with Gasteiger partial charge in [-0.1, -0.05) is 89.1 Å². The summed E-state index contributed by atoms with van der Waals surface area (Å²) in [4.78, 5) is 18.7. The number of imidazole rings is 1. The molecule has 0 fully saturated rings. The molecular weight excluding hydrogens is 486 g/mol. The Labute approximate surface area is 228 Å². The number of hydrogen-bond acceptors (Lipinski definition) is 5. The number of rotatable bonds is 10. The van der Waals surface area contributed by atoms with Gasteiger partial charge in [-0.05, 0) is 46.7 Å². The van der Waals surface area contributed by atoms with E-state index in [1.54, 1.807) is 0 Å². The minimum Gasteiger partial charge on any atom is -0.292 e. The van der Waals surface area contributed by atoms with Crippen LogP contribution in [0.5, 0.6) is 0 Å². The van der Waals surface area contributed by atoms with Crippen LogP contribution in [0.15, 0.2) is 71.8 Å². The van der Waals surface area contributed by atoms with Crippen molar-refractivity contribution in [1.29, 1.82) is 0 Å². The first kappa shape index (κ1) is 26.3. The van der Waals surface area contributed by atoms with Gasteiger partial charge in [-0.2, -0.15) is 5.21 Å². The van der Waals surface area contributed by atoms with Gasteiger partial charge < -0.3 is 0 Å². The molecule has 39 heavy (non-hydrogen) atoms. The van der Waals surface area contributed by atoms with Gasteiger partial charge in [0.1, 0.15) is 0 Å². The number of hydrogen-bond donors (Lipinski definition) is 1. The fourth-order valence-electron chi connectivity index (χ4n) is 5.19. The highest BCUT2D eigenvalue weighted by atomic mass is 16.1. The maximum Gasteiger partial charge on any atom is 0.333 e. The van der Waals surface area contributed by atoms with Crippen LogP contribution in [0, 0.1) is 0 Å². The molecule has 5 aromatic rings. The van der Waals surface area contributed by atoms with Crippen molar-refractivity contribution >= 4 is 0 Å². The molecule has 8 heteroatoms. The molecule has 0 aliphatic rings. The quantitative estimate of drug-likeness (QED) is 0.245. The van der Waals surface area contributed by atoms with E-state index in [0.29, 0.717) is 18.3 Å². The molecule has 0 aliphatic heterocycles. The van der Waals surface area contributed by atoms with Crippen LogP contribution in [0.4, 0.5) is 0 Å². The highest BCUT2D eigenvalue weighted by Crippen LogP contribution is 2.29. The average Bonchev–Trinajstić information content (AvgIpc) is 3.59. The predicted molar refractivity (Wildman–Crippen MR) is 154 cm³/mol. The predicted octanol–water partition coefficient (Wildman–Crippen LogP) is 5.96. The van der Waals surface area contributed by atoms with Crippen LogP contribution in [0.2, 0.25) is 0 Å². The number of pyridine rings is 1. The number of aromatic nitrogens is 7. The smallest absolute Gasteiger partial charge is 0.292 e. The van der Waals surface area contributed by atoms with E-state index in [9.17, 15) is 4.79 Å². The van der Waals surface area contributed by atoms with Crippen LogP contribution in [-0.2, 0) is 19.4 Å². The van der Waals surface area contributed by atoms with Crippen molar-refractivity contribution in [3.05, 3.63) is 99.9 Å². The molecule has 0 aliphatic carbocycles. The molecular formula is C31H35N7O. The summed E-state index contributed by atoms with van der Waals surface area (Å²) in [6.07, 6.45) is 7.66. The highest BCUT2D eigenvalue weighted by molar-refractivity contribution is 5.78. The van der Waals surface area contributed by atoms with Gasteiger partial charge >= 0.3 is 5.69 Å². The number of aryl methyl sites for hydroxylation is 2. The molecule has 200 valence electrons. The van der Waals surface area contributed by atoms with Gasteiger partial charge in [0.2, 0.25) is 5.82 Å². The van der Waals surface area contributed by atoms with E-state index < -0.39 is 0 Å². The Kier molecular flexibility index (Phi) is 7.81. The van der Waals surface area contributed by atoms with Crippen LogP contribution in [0.1, 0.15) is 68.8 Å². The van der Waals surface area contributed by atoms with Gasteiger partial charge in [-0.25, -0.2) is 4.79 Å². The van der Waals surface area contributed by atoms with Crippen molar-refractivity contribution in [3.8, 4) is 28.3 Å². The van der Waals surface area contributed by atoms with E-state index in [1.807, 2.05) is 51.7 Å². The molecule has 0 radical (unpaired) electrons. The minimum absolute atomic E-state index is 0.00423. The molecule has 0 amide bonds. The van der Waals surface area contributed by atoms with Gasteiger partial charge in [0, 0.05) is 29.2 Å². The summed E-state index contributed by atoms with van der Waals surface area (Å²) in [6, 6.07) is 18.3. The molecule has 0 atom stereocenters. The van der Waals surface area contributed by atoms with Crippen molar-refractivity contribution in [2.75, 3.05) is 0 Å². The zero-order valence-corrected chi connectivity index (χ0v) is 23.1. The Morgan fingerprint density at radius 3 is 2.38 bits per heavy atom. The second-order valence-corrected chi connectivity index (χ2v) is 10.2. The topological polar surface area (TPSA) is 94.3 Å². The standard InChI is InChI=1S/C31H35N7O/c1-5-10-23-12-9-15-25(21(3)4)29(23)38-20-24(11-6-2)37(31(38)39)19-22-16-17-28(32-18-22)26-13-7-8-14-27(26)30-33-35-36-34-30/h7-9,12-18,20-21H,5-6,10-11,19H2,1-4H3,(H,33,34,35,36). The van der Waals surface area contributed by atoms with Crippen molar-refractivity contribution < 1.29 is 0 Å². The monoisotopic (exact) mass is 521 g/mol. The van der Waals surface area contributed by atoms with Gasteiger partial charge in [0.05, 0.1) is 17.9 Å². The van der Waals surface area contributed by atoms with E-state index in [1.165, 1.54) is 11.1 Å². The summed E-state index contributed by atoms with van der Waals surface area (Å²) in [5.41, 5.74) is 8.07. The number of nitrogens with zero attached hydrogens (tertiary/aromatic N) is 6. The number of para-hydroxylation sites is 1. The normalized spacial score (nSPS) is 11.4. The number of nitrogens with one attached hydrogen (secondary N) is 1. The third-order valence-electron chi connectivity index (χ3n) is 7.06. The van der Waals surface area contributed by atoms with Crippen LogP contribution in [0.25, 0.3) is 28.3 Å². The molecule has 0 spiro atoms. The van der Waals surface area contributed by atoms with E-state index in [4.69, 9.17) is 4.98 Å². The largest absolute Gasteiger partial charge is 0.333 e. The Morgan fingerprint density at radius 1 is 0.923 bits per heavy atom. The first-order valence-electron chi connectivity index (χ1n) is 13.7. The van der Waals surface area contributed by atoms with Crippen LogP contribution in [-0.4, -0.2) is 34.7 Å². The van der Waals surface area contributed by atoms with E-state index in [-0.39, 0.29) is 5.69 Å². The minimum atomic E-state index is -0.00423. The molecule has 0 saturated carbocycles. The first-order valence-corrected chi connectivity index (χ1v) is 13.7. The van der Waals surface area contributed by atoms with E-state index in [0.717, 1.165) is 59.4 Å². The Morgan fingerprint density at radius 2 is 1.72 bits per heavy atom. The zero-order valence-electron chi connectivity index (χ0n) is 23.1. The molecule has 0 bridgehead atoms.